The Morgan fingerprint density at radius 1 is 1.33 bits per heavy atom. The van der Waals surface area contributed by atoms with Crippen LogP contribution in [0.2, 0.25) is 0 Å². The Labute approximate surface area is 103 Å². The highest BCUT2D eigenvalue weighted by Crippen LogP contribution is 2.28. The molecule has 0 fully saturated rings. The van der Waals surface area contributed by atoms with Crippen molar-refractivity contribution >= 4 is 5.91 Å². The SMILES string of the molecule is CC[C@H](N)C(=O)NCc1ccc(C(F)(F)F)cc1. The quantitative estimate of drug-likeness (QED) is 0.870. The van der Waals surface area contributed by atoms with Crippen molar-refractivity contribution in [3.63, 3.8) is 0 Å². The third-order valence-electron chi connectivity index (χ3n) is 2.52. The molecule has 0 unspecified atom stereocenters. The van der Waals surface area contributed by atoms with Crippen molar-refractivity contribution in [3.8, 4) is 0 Å². The zero-order chi connectivity index (χ0) is 13.8. The van der Waals surface area contributed by atoms with Crippen molar-refractivity contribution < 1.29 is 18.0 Å². The maximum absolute atomic E-state index is 12.3. The lowest BCUT2D eigenvalue weighted by atomic mass is 10.1. The van der Waals surface area contributed by atoms with Crippen molar-refractivity contribution in [2.75, 3.05) is 0 Å². The molecule has 0 heterocycles. The van der Waals surface area contributed by atoms with Gasteiger partial charge >= 0.3 is 6.18 Å². The van der Waals surface area contributed by atoms with E-state index in [-0.39, 0.29) is 12.5 Å². The van der Waals surface area contributed by atoms with Crippen molar-refractivity contribution in [2.45, 2.75) is 32.1 Å². The van der Waals surface area contributed by atoms with Gasteiger partial charge in [-0.1, -0.05) is 19.1 Å². The maximum atomic E-state index is 12.3. The number of hydrogen-bond donors (Lipinski definition) is 2. The Hall–Kier alpha value is -1.56. The van der Waals surface area contributed by atoms with Gasteiger partial charge < -0.3 is 11.1 Å². The highest BCUT2D eigenvalue weighted by molar-refractivity contribution is 5.81. The van der Waals surface area contributed by atoms with Gasteiger partial charge in [-0.05, 0) is 24.1 Å². The van der Waals surface area contributed by atoms with Crippen LogP contribution in [-0.2, 0) is 17.5 Å². The van der Waals surface area contributed by atoms with Crippen molar-refractivity contribution in [2.24, 2.45) is 5.73 Å². The minimum atomic E-state index is -4.34. The van der Waals surface area contributed by atoms with Crippen LogP contribution in [0.4, 0.5) is 13.2 Å². The number of benzene rings is 1. The van der Waals surface area contributed by atoms with Gasteiger partial charge in [-0.3, -0.25) is 4.79 Å². The van der Waals surface area contributed by atoms with Crippen LogP contribution in [0.3, 0.4) is 0 Å². The summed E-state index contributed by atoms with van der Waals surface area (Å²) in [7, 11) is 0. The van der Waals surface area contributed by atoms with E-state index in [1.54, 1.807) is 6.92 Å². The molecule has 18 heavy (non-hydrogen) atoms. The average Bonchev–Trinajstić information content (AvgIpc) is 2.34. The molecule has 1 atom stereocenters. The number of rotatable bonds is 4. The molecule has 1 amide bonds. The molecular weight excluding hydrogens is 245 g/mol. The largest absolute Gasteiger partial charge is 0.416 e. The number of amides is 1. The second-order valence-corrected chi connectivity index (χ2v) is 3.93. The number of carbonyl (C=O) groups is 1. The molecule has 0 aromatic heterocycles. The lowest BCUT2D eigenvalue weighted by molar-refractivity contribution is -0.137. The summed E-state index contributed by atoms with van der Waals surface area (Å²) in [5.74, 6) is -0.308. The summed E-state index contributed by atoms with van der Waals surface area (Å²) in [6.45, 7) is 1.95. The normalized spacial score (nSPS) is 13.2. The fourth-order valence-electron chi connectivity index (χ4n) is 1.32. The first-order chi connectivity index (χ1) is 8.34. The molecule has 0 bridgehead atoms. The number of carbonyl (C=O) groups excluding carboxylic acids is 1. The molecule has 3 nitrogen and oxygen atoms in total. The van der Waals surface area contributed by atoms with Gasteiger partial charge in [0.1, 0.15) is 0 Å². The molecule has 0 aliphatic rings. The molecule has 100 valence electrons. The van der Waals surface area contributed by atoms with Gasteiger partial charge in [0.2, 0.25) is 5.91 Å². The van der Waals surface area contributed by atoms with Gasteiger partial charge in [-0.25, -0.2) is 0 Å². The Kier molecular flexibility index (Phi) is 4.72. The molecule has 1 rings (SSSR count). The van der Waals surface area contributed by atoms with Gasteiger partial charge in [0.05, 0.1) is 11.6 Å². The van der Waals surface area contributed by atoms with E-state index in [9.17, 15) is 18.0 Å². The van der Waals surface area contributed by atoms with E-state index in [0.717, 1.165) is 12.1 Å². The molecule has 0 radical (unpaired) electrons. The van der Waals surface area contributed by atoms with Gasteiger partial charge in [-0.15, -0.1) is 0 Å². The monoisotopic (exact) mass is 260 g/mol. The zero-order valence-electron chi connectivity index (χ0n) is 9.92. The second kappa shape index (κ2) is 5.86. The third kappa shape index (κ3) is 4.03. The van der Waals surface area contributed by atoms with E-state index in [1.165, 1.54) is 12.1 Å². The second-order valence-electron chi connectivity index (χ2n) is 3.93. The Bertz CT molecular complexity index is 401. The summed E-state index contributed by atoms with van der Waals surface area (Å²) in [6, 6.07) is 4.06. The predicted octanol–water partition coefficient (Wildman–Crippen LogP) is 2.06. The van der Waals surface area contributed by atoms with E-state index in [2.05, 4.69) is 5.32 Å². The lowest BCUT2D eigenvalue weighted by Gasteiger charge is -2.11. The van der Waals surface area contributed by atoms with Crippen LogP contribution in [0, 0.1) is 0 Å². The standard InChI is InChI=1S/C12H15F3N2O/c1-2-10(16)11(18)17-7-8-3-5-9(6-4-8)12(13,14)15/h3-6,10H,2,7,16H2,1H3,(H,17,18)/t10-/m0/s1. The van der Waals surface area contributed by atoms with E-state index < -0.39 is 17.8 Å². The number of hydrogen-bond acceptors (Lipinski definition) is 2. The molecule has 0 aliphatic heterocycles. The average molecular weight is 260 g/mol. The Morgan fingerprint density at radius 3 is 2.33 bits per heavy atom. The molecule has 1 aromatic rings. The van der Waals surface area contributed by atoms with E-state index in [4.69, 9.17) is 5.73 Å². The predicted molar refractivity (Wildman–Crippen MR) is 61.6 cm³/mol. The molecule has 0 saturated carbocycles. The summed E-state index contributed by atoms with van der Waals surface area (Å²) >= 11 is 0. The summed E-state index contributed by atoms with van der Waals surface area (Å²) in [5.41, 5.74) is 5.39. The smallest absolute Gasteiger partial charge is 0.351 e. The first kappa shape index (κ1) is 14.5. The van der Waals surface area contributed by atoms with Crippen LogP contribution in [0.1, 0.15) is 24.5 Å². The highest BCUT2D eigenvalue weighted by Gasteiger charge is 2.29. The number of halogens is 3. The van der Waals surface area contributed by atoms with Crippen molar-refractivity contribution in [1.82, 2.24) is 5.32 Å². The number of nitrogens with two attached hydrogens (primary N) is 1. The molecular formula is C12H15F3N2O. The Balaban J connectivity index is 2.57. The van der Waals surface area contributed by atoms with Crippen LogP contribution >= 0.6 is 0 Å². The first-order valence-electron chi connectivity index (χ1n) is 5.54. The fraction of sp³-hybridized carbons (Fsp3) is 0.417. The van der Waals surface area contributed by atoms with Gasteiger partial charge in [-0.2, -0.15) is 13.2 Å². The maximum Gasteiger partial charge on any atom is 0.416 e. The van der Waals surface area contributed by atoms with E-state index in [0.29, 0.717) is 12.0 Å². The lowest BCUT2D eigenvalue weighted by Crippen LogP contribution is -2.39. The van der Waals surface area contributed by atoms with Gasteiger partial charge in [0.25, 0.3) is 0 Å². The highest BCUT2D eigenvalue weighted by atomic mass is 19.4. The minimum absolute atomic E-state index is 0.171. The first-order valence-corrected chi connectivity index (χ1v) is 5.54. The minimum Gasteiger partial charge on any atom is -0.351 e. The van der Waals surface area contributed by atoms with Crippen molar-refractivity contribution in [3.05, 3.63) is 35.4 Å². The summed E-state index contributed by atoms with van der Waals surface area (Å²) in [6.07, 6.45) is -3.83. The summed E-state index contributed by atoms with van der Waals surface area (Å²) in [5, 5.41) is 2.56. The topological polar surface area (TPSA) is 55.1 Å². The molecule has 1 aromatic carbocycles. The van der Waals surface area contributed by atoms with Gasteiger partial charge in [0, 0.05) is 6.54 Å². The number of nitrogens with one attached hydrogen (secondary N) is 1. The van der Waals surface area contributed by atoms with Crippen LogP contribution in [0.15, 0.2) is 24.3 Å². The zero-order valence-corrected chi connectivity index (χ0v) is 9.92. The molecule has 0 spiro atoms. The molecule has 0 saturated heterocycles. The summed E-state index contributed by atoms with van der Waals surface area (Å²) in [4.78, 5) is 11.4. The van der Waals surface area contributed by atoms with Crippen molar-refractivity contribution in [1.29, 1.82) is 0 Å². The summed E-state index contributed by atoms with van der Waals surface area (Å²) < 4.78 is 36.9. The fourth-order valence-corrected chi connectivity index (χ4v) is 1.32. The van der Waals surface area contributed by atoms with E-state index in [1.807, 2.05) is 0 Å². The van der Waals surface area contributed by atoms with Crippen LogP contribution < -0.4 is 11.1 Å². The Morgan fingerprint density at radius 2 is 1.89 bits per heavy atom. The van der Waals surface area contributed by atoms with Gasteiger partial charge in [0.15, 0.2) is 0 Å². The third-order valence-corrected chi connectivity index (χ3v) is 2.52. The van der Waals surface area contributed by atoms with E-state index >= 15 is 0 Å². The van der Waals surface area contributed by atoms with Crippen LogP contribution in [0.5, 0.6) is 0 Å². The van der Waals surface area contributed by atoms with Crippen LogP contribution in [-0.4, -0.2) is 11.9 Å². The molecule has 6 heteroatoms. The van der Waals surface area contributed by atoms with Crippen LogP contribution in [0.25, 0.3) is 0 Å². The molecule has 3 N–H and O–H groups in total. The number of alkyl halides is 3. The molecule has 0 aliphatic carbocycles.